The number of rotatable bonds is 3. The Labute approximate surface area is 114 Å². The highest BCUT2D eigenvalue weighted by molar-refractivity contribution is 9.10. The van der Waals surface area contributed by atoms with E-state index in [1.165, 1.54) is 0 Å². The van der Waals surface area contributed by atoms with Gasteiger partial charge in [0.05, 0.1) is 13.2 Å². The van der Waals surface area contributed by atoms with E-state index in [-0.39, 0.29) is 18.1 Å². The topological polar surface area (TPSA) is 47.6 Å². The van der Waals surface area contributed by atoms with Gasteiger partial charge in [-0.25, -0.2) is 0 Å². The van der Waals surface area contributed by atoms with Crippen molar-refractivity contribution in [3.05, 3.63) is 28.2 Å². The van der Waals surface area contributed by atoms with Gasteiger partial charge in [-0.2, -0.15) is 0 Å². The second kappa shape index (κ2) is 4.99. The molecule has 1 heterocycles. The van der Waals surface area contributed by atoms with Crippen LogP contribution in [0.1, 0.15) is 24.7 Å². The van der Waals surface area contributed by atoms with Crippen LogP contribution in [0.2, 0.25) is 0 Å². The van der Waals surface area contributed by atoms with E-state index in [1.807, 2.05) is 18.2 Å². The van der Waals surface area contributed by atoms with Crippen LogP contribution >= 0.6 is 15.9 Å². The fourth-order valence-corrected chi connectivity index (χ4v) is 2.34. The van der Waals surface area contributed by atoms with Gasteiger partial charge in [0, 0.05) is 21.6 Å². The van der Waals surface area contributed by atoms with E-state index in [2.05, 4.69) is 21.2 Å². The van der Waals surface area contributed by atoms with Crippen LogP contribution in [0.25, 0.3) is 0 Å². The molecule has 0 bridgehead atoms. The van der Waals surface area contributed by atoms with E-state index in [0.717, 1.165) is 28.6 Å². The minimum Gasteiger partial charge on any atom is -0.346 e. The molecule has 96 valence electrons. The van der Waals surface area contributed by atoms with Crippen molar-refractivity contribution in [3.63, 3.8) is 0 Å². The number of nitrogens with one attached hydrogen (secondary N) is 1. The summed E-state index contributed by atoms with van der Waals surface area (Å²) in [6.45, 7) is 1.18. The zero-order chi connectivity index (χ0) is 12.5. The highest BCUT2D eigenvalue weighted by atomic mass is 79.9. The summed E-state index contributed by atoms with van der Waals surface area (Å²) in [5, 5.41) is 2.96. The van der Waals surface area contributed by atoms with Gasteiger partial charge in [0.1, 0.15) is 0 Å². The Balaban J connectivity index is 1.84. The standard InChI is InChI=1S/C13H14BrNO3/c14-9-3-4-11(15-12(16)8-1-2-8)10(7-9)13-17-5-6-18-13/h3-4,7-8,13H,1-2,5-6H2,(H,15,16). The van der Waals surface area contributed by atoms with Gasteiger partial charge in [0.2, 0.25) is 5.91 Å². The fraction of sp³-hybridized carbons (Fsp3) is 0.462. The number of anilines is 1. The highest BCUT2D eigenvalue weighted by Gasteiger charge is 2.31. The molecule has 0 atom stereocenters. The van der Waals surface area contributed by atoms with Gasteiger partial charge in [0.25, 0.3) is 0 Å². The second-order valence-corrected chi connectivity index (χ2v) is 5.48. The average Bonchev–Trinajstić information content (AvgIpc) is 3.07. The fourth-order valence-electron chi connectivity index (χ4n) is 1.96. The monoisotopic (exact) mass is 311 g/mol. The molecule has 1 aliphatic carbocycles. The first-order valence-corrected chi connectivity index (χ1v) is 6.87. The summed E-state index contributed by atoms with van der Waals surface area (Å²) in [7, 11) is 0. The van der Waals surface area contributed by atoms with Crippen LogP contribution in [0, 0.1) is 5.92 Å². The third kappa shape index (κ3) is 2.58. The Kier molecular flexibility index (Phi) is 3.37. The Morgan fingerprint density at radius 2 is 2.00 bits per heavy atom. The van der Waals surface area contributed by atoms with E-state index < -0.39 is 0 Å². The van der Waals surface area contributed by atoms with Crippen LogP contribution < -0.4 is 5.32 Å². The molecule has 1 N–H and O–H groups in total. The molecule has 2 aliphatic rings. The maximum atomic E-state index is 11.8. The van der Waals surface area contributed by atoms with Gasteiger partial charge in [-0.05, 0) is 31.0 Å². The summed E-state index contributed by atoms with van der Waals surface area (Å²) >= 11 is 3.43. The van der Waals surface area contributed by atoms with E-state index in [1.54, 1.807) is 0 Å². The molecule has 1 saturated heterocycles. The lowest BCUT2D eigenvalue weighted by atomic mass is 10.1. The number of hydrogen-bond acceptors (Lipinski definition) is 3. The van der Waals surface area contributed by atoms with Gasteiger partial charge in [-0.1, -0.05) is 15.9 Å². The maximum absolute atomic E-state index is 11.8. The number of carbonyl (C=O) groups excluding carboxylic acids is 1. The molecule has 1 saturated carbocycles. The molecule has 0 aromatic heterocycles. The molecule has 1 aromatic carbocycles. The van der Waals surface area contributed by atoms with E-state index in [9.17, 15) is 4.79 Å². The number of benzene rings is 1. The van der Waals surface area contributed by atoms with Crippen molar-refractivity contribution in [3.8, 4) is 0 Å². The van der Waals surface area contributed by atoms with E-state index in [4.69, 9.17) is 9.47 Å². The summed E-state index contributed by atoms with van der Waals surface area (Å²) in [5.41, 5.74) is 1.65. The number of hydrogen-bond donors (Lipinski definition) is 1. The molecule has 1 aromatic rings. The minimum absolute atomic E-state index is 0.0940. The third-order valence-corrected chi connectivity index (χ3v) is 3.59. The van der Waals surface area contributed by atoms with E-state index in [0.29, 0.717) is 13.2 Å². The van der Waals surface area contributed by atoms with Crippen LogP contribution in [0.4, 0.5) is 5.69 Å². The van der Waals surface area contributed by atoms with Crippen molar-refractivity contribution < 1.29 is 14.3 Å². The molecule has 2 fully saturated rings. The number of carbonyl (C=O) groups is 1. The van der Waals surface area contributed by atoms with Gasteiger partial charge < -0.3 is 14.8 Å². The molecular weight excluding hydrogens is 298 g/mol. The van der Waals surface area contributed by atoms with Gasteiger partial charge >= 0.3 is 0 Å². The second-order valence-electron chi connectivity index (χ2n) is 4.57. The molecule has 0 spiro atoms. The molecule has 0 radical (unpaired) electrons. The van der Waals surface area contributed by atoms with Crippen LogP contribution in [-0.4, -0.2) is 19.1 Å². The first-order chi connectivity index (χ1) is 8.74. The molecule has 1 amide bonds. The first-order valence-electron chi connectivity index (χ1n) is 6.07. The van der Waals surface area contributed by atoms with Crippen molar-refractivity contribution in [1.82, 2.24) is 0 Å². The normalized spacial score (nSPS) is 20.1. The minimum atomic E-state index is -0.378. The molecule has 1 aliphatic heterocycles. The predicted octanol–water partition coefficient (Wildman–Crippen LogP) is 2.84. The Morgan fingerprint density at radius 1 is 1.28 bits per heavy atom. The smallest absolute Gasteiger partial charge is 0.227 e. The van der Waals surface area contributed by atoms with Crippen molar-refractivity contribution in [2.75, 3.05) is 18.5 Å². The van der Waals surface area contributed by atoms with Crippen LogP contribution in [0.15, 0.2) is 22.7 Å². The van der Waals surface area contributed by atoms with E-state index >= 15 is 0 Å². The summed E-state index contributed by atoms with van der Waals surface area (Å²) in [5.74, 6) is 0.281. The van der Waals surface area contributed by atoms with Crippen LogP contribution in [0.3, 0.4) is 0 Å². The van der Waals surface area contributed by atoms with Crippen molar-refractivity contribution in [2.45, 2.75) is 19.1 Å². The lowest BCUT2D eigenvalue weighted by Crippen LogP contribution is -2.15. The quantitative estimate of drug-likeness (QED) is 0.933. The van der Waals surface area contributed by atoms with Crippen molar-refractivity contribution in [1.29, 1.82) is 0 Å². The Hall–Kier alpha value is -0.910. The highest BCUT2D eigenvalue weighted by Crippen LogP contribution is 2.34. The van der Waals surface area contributed by atoms with Crippen LogP contribution in [0.5, 0.6) is 0 Å². The Morgan fingerprint density at radius 3 is 2.67 bits per heavy atom. The van der Waals surface area contributed by atoms with Gasteiger partial charge in [-0.3, -0.25) is 4.79 Å². The molecule has 5 heteroatoms. The molecule has 0 unspecified atom stereocenters. The lowest BCUT2D eigenvalue weighted by Gasteiger charge is -2.15. The zero-order valence-corrected chi connectivity index (χ0v) is 11.4. The van der Waals surface area contributed by atoms with Crippen molar-refractivity contribution in [2.24, 2.45) is 5.92 Å². The number of halogens is 1. The van der Waals surface area contributed by atoms with Gasteiger partial charge in [0.15, 0.2) is 6.29 Å². The van der Waals surface area contributed by atoms with Crippen LogP contribution in [-0.2, 0) is 14.3 Å². The number of ether oxygens (including phenoxy) is 2. The summed E-state index contributed by atoms with van der Waals surface area (Å²) in [4.78, 5) is 11.8. The summed E-state index contributed by atoms with van der Waals surface area (Å²) < 4.78 is 11.9. The molecule has 3 rings (SSSR count). The Bertz CT molecular complexity index is 467. The summed E-state index contributed by atoms with van der Waals surface area (Å²) in [6, 6.07) is 5.71. The van der Waals surface area contributed by atoms with Crippen molar-refractivity contribution >= 4 is 27.5 Å². The summed E-state index contributed by atoms with van der Waals surface area (Å²) in [6.07, 6.45) is 1.61. The molecule has 18 heavy (non-hydrogen) atoms. The largest absolute Gasteiger partial charge is 0.346 e. The third-order valence-electron chi connectivity index (χ3n) is 3.10. The molecular formula is C13H14BrNO3. The maximum Gasteiger partial charge on any atom is 0.227 e. The first kappa shape index (κ1) is 12.1. The predicted molar refractivity (Wildman–Crippen MR) is 70.1 cm³/mol. The average molecular weight is 312 g/mol. The lowest BCUT2D eigenvalue weighted by molar-refractivity contribution is -0.117. The number of amides is 1. The SMILES string of the molecule is O=C(Nc1ccc(Br)cc1C1OCCO1)C1CC1. The zero-order valence-electron chi connectivity index (χ0n) is 9.82. The van der Waals surface area contributed by atoms with Gasteiger partial charge in [-0.15, -0.1) is 0 Å². The molecule has 4 nitrogen and oxygen atoms in total.